The number of aryl methyl sites for hydroxylation is 1. The number of benzene rings is 2. The molecule has 4 aromatic rings. The highest BCUT2D eigenvalue weighted by Gasteiger charge is 2.37. The second kappa shape index (κ2) is 15.7. The average molecular weight is 685 g/mol. The maximum absolute atomic E-state index is 13.6. The Morgan fingerprint density at radius 3 is 2.74 bits per heavy atom. The summed E-state index contributed by atoms with van der Waals surface area (Å²) in [6.07, 6.45) is 3.06. The number of rotatable bonds is 8. The van der Waals surface area contributed by atoms with Gasteiger partial charge in [-0.05, 0) is 60.7 Å². The van der Waals surface area contributed by atoms with Crippen LogP contribution in [-0.2, 0) is 27.2 Å². The maximum Gasteiger partial charge on any atom is 0.251 e. The number of piperazine rings is 1. The number of furan rings is 1. The summed E-state index contributed by atoms with van der Waals surface area (Å²) in [4.78, 5) is 61.0. The Labute approximate surface area is 289 Å². The molecular formula is C36H40N6O8. The lowest BCUT2D eigenvalue weighted by molar-refractivity contribution is -0.147. The van der Waals surface area contributed by atoms with Crippen LogP contribution in [0.4, 0.5) is 0 Å². The number of nitrogens with one attached hydrogen (secondary N) is 2. The van der Waals surface area contributed by atoms with E-state index in [0.29, 0.717) is 67.1 Å². The molecule has 4 amide bonds. The van der Waals surface area contributed by atoms with Gasteiger partial charge in [-0.2, -0.15) is 4.98 Å². The summed E-state index contributed by atoms with van der Waals surface area (Å²) in [6.45, 7) is 4.86. The Kier molecular flexibility index (Phi) is 10.7. The first-order valence-electron chi connectivity index (χ1n) is 16.8. The summed E-state index contributed by atoms with van der Waals surface area (Å²) in [5, 5.41) is 9.54. The van der Waals surface area contributed by atoms with E-state index in [9.17, 15) is 19.2 Å². The molecule has 50 heavy (non-hydrogen) atoms. The first kappa shape index (κ1) is 34.2. The van der Waals surface area contributed by atoms with E-state index in [1.165, 1.54) is 11.2 Å². The number of carbonyl (C=O) groups excluding carboxylic acids is 4. The molecule has 0 spiro atoms. The predicted molar refractivity (Wildman–Crippen MR) is 179 cm³/mol. The third-order valence-electron chi connectivity index (χ3n) is 8.32. The Hall–Kier alpha value is -5.66. The van der Waals surface area contributed by atoms with Crippen LogP contribution in [0.3, 0.4) is 0 Å². The first-order valence-corrected chi connectivity index (χ1v) is 16.8. The largest absolute Gasteiger partial charge is 0.493 e. The van der Waals surface area contributed by atoms with Gasteiger partial charge in [0.15, 0.2) is 5.76 Å². The number of hydrogen-bond acceptors (Lipinski definition) is 10. The number of carbonyl (C=O) groups is 4. The Morgan fingerprint density at radius 2 is 1.92 bits per heavy atom. The molecule has 2 N–H and O–H groups in total. The van der Waals surface area contributed by atoms with Gasteiger partial charge in [0.2, 0.25) is 29.4 Å². The molecular weight excluding hydrogens is 644 g/mol. The molecule has 1 saturated heterocycles. The molecule has 4 heterocycles. The number of nitrogens with zero attached hydrogens (tertiary/aromatic N) is 4. The van der Waals surface area contributed by atoms with Crippen molar-refractivity contribution in [3.63, 3.8) is 0 Å². The van der Waals surface area contributed by atoms with Gasteiger partial charge in [-0.15, -0.1) is 0 Å². The lowest BCUT2D eigenvalue weighted by Crippen LogP contribution is -2.62. The van der Waals surface area contributed by atoms with Gasteiger partial charge in [0, 0.05) is 44.1 Å². The normalized spacial score (nSPS) is 17.0. The molecule has 262 valence electrons. The third kappa shape index (κ3) is 8.67. The van der Waals surface area contributed by atoms with E-state index in [1.807, 2.05) is 38.1 Å². The predicted octanol–water partition coefficient (Wildman–Crippen LogP) is 3.62. The van der Waals surface area contributed by atoms with E-state index in [0.717, 1.165) is 5.56 Å². The van der Waals surface area contributed by atoms with Gasteiger partial charge >= 0.3 is 0 Å². The molecule has 0 radical (unpaired) electrons. The standard InChI is InChI=1S/C36H40N6O8/c1-23(2)22-48-27-17-25-18-28(19-27)49-26-7-3-6-24(16-26)11-12-37-36(46)29-21-41(13-14-42(29)33(44)20-38-35(25)45)32(43)10-4-9-31-39-34(40-50-31)30-8-5-15-47-30/h3,5-8,15-19,23,29H,4,9-14,20-22H2,1-2H3,(H,37,46)(H,38,45)/t29-/m1/s1. The van der Waals surface area contributed by atoms with Crippen molar-refractivity contribution in [3.8, 4) is 28.8 Å². The minimum Gasteiger partial charge on any atom is -0.493 e. The SMILES string of the molecule is CC(C)COc1cc2cc(c1)C(=O)NCC(=O)N1CCN(C(=O)CCCc3nc(-c4ccco4)no3)C[C@@H]1C(=O)NCCc1cccc(c1)O2. The van der Waals surface area contributed by atoms with Crippen LogP contribution in [0, 0.1) is 5.92 Å². The van der Waals surface area contributed by atoms with Crippen molar-refractivity contribution in [3.05, 3.63) is 77.9 Å². The van der Waals surface area contributed by atoms with E-state index in [1.54, 1.807) is 35.2 Å². The van der Waals surface area contributed by atoms with Crippen molar-refractivity contribution in [1.82, 2.24) is 30.6 Å². The highest BCUT2D eigenvalue weighted by atomic mass is 16.5. The van der Waals surface area contributed by atoms with Crippen LogP contribution < -0.4 is 20.1 Å². The van der Waals surface area contributed by atoms with E-state index < -0.39 is 17.9 Å². The summed E-state index contributed by atoms with van der Waals surface area (Å²) in [5.74, 6) is 1.45. The fourth-order valence-corrected chi connectivity index (χ4v) is 5.76. The highest BCUT2D eigenvalue weighted by Crippen LogP contribution is 2.29. The second-order valence-corrected chi connectivity index (χ2v) is 12.7. The zero-order valence-electron chi connectivity index (χ0n) is 28.1. The summed E-state index contributed by atoms with van der Waals surface area (Å²) in [7, 11) is 0. The van der Waals surface area contributed by atoms with Crippen LogP contribution >= 0.6 is 0 Å². The molecule has 6 rings (SSSR count). The fourth-order valence-electron chi connectivity index (χ4n) is 5.76. The van der Waals surface area contributed by atoms with Crippen molar-refractivity contribution in [2.75, 3.05) is 39.3 Å². The van der Waals surface area contributed by atoms with Crippen LogP contribution in [0.15, 0.2) is 69.8 Å². The number of aromatic nitrogens is 2. The molecule has 14 nitrogen and oxygen atoms in total. The minimum absolute atomic E-state index is 0.0233. The van der Waals surface area contributed by atoms with E-state index in [-0.39, 0.29) is 55.9 Å². The summed E-state index contributed by atoms with van der Waals surface area (Å²) in [5.41, 5.74) is 1.18. The first-order chi connectivity index (χ1) is 24.2. The number of ether oxygens (including phenoxy) is 2. The molecule has 2 aromatic carbocycles. The third-order valence-corrected chi connectivity index (χ3v) is 8.32. The number of fused-ring (bicyclic) bond motifs is 5. The molecule has 4 bridgehead atoms. The molecule has 0 saturated carbocycles. The Morgan fingerprint density at radius 1 is 1.04 bits per heavy atom. The summed E-state index contributed by atoms with van der Waals surface area (Å²) < 4.78 is 22.6. The van der Waals surface area contributed by atoms with Gasteiger partial charge < -0.3 is 38.8 Å². The molecule has 0 aliphatic carbocycles. The molecule has 14 heteroatoms. The zero-order valence-corrected chi connectivity index (χ0v) is 28.1. The van der Waals surface area contributed by atoms with Crippen LogP contribution in [0.25, 0.3) is 11.6 Å². The lowest BCUT2D eigenvalue weighted by Gasteiger charge is -2.40. The fraction of sp³-hybridized carbons (Fsp3) is 0.389. The van der Waals surface area contributed by atoms with E-state index >= 15 is 0 Å². The Balaban J connectivity index is 1.14. The molecule has 2 aliphatic rings. The van der Waals surface area contributed by atoms with Crippen LogP contribution in [0.1, 0.15) is 48.5 Å². The smallest absolute Gasteiger partial charge is 0.251 e. The summed E-state index contributed by atoms with van der Waals surface area (Å²) >= 11 is 0. The van der Waals surface area contributed by atoms with Crippen molar-refractivity contribution >= 4 is 23.6 Å². The van der Waals surface area contributed by atoms with Gasteiger partial charge in [-0.25, -0.2) is 0 Å². The average Bonchev–Trinajstić information content (AvgIpc) is 3.82. The second-order valence-electron chi connectivity index (χ2n) is 12.7. The monoisotopic (exact) mass is 684 g/mol. The minimum atomic E-state index is -0.936. The van der Waals surface area contributed by atoms with Crippen LogP contribution in [0.5, 0.6) is 17.2 Å². The molecule has 0 unspecified atom stereocenters. The number of amides is 4. The molecule has 1 atom stereocenters. The maximum atomic E-state index is 13.6. The van der Waals surface area contributed by atoms with Crippen molar-refractivity contribution in [2.45, 2.75) is 45.6 Å². The van der Waals surface area contributed by atoms with Gasteiger partial charge in [-0.3, -0.25) is 19.2 Å². The van der Waals surface area contributed by atoms with Crippen molar-refractivity contribution < 1.29 is 37.6 Å². The lowest BCUT2D eigenvalue weighted by atomic mass is 10.1. The quantitative estimate of drug-likeness (QED) is 0.280. The molecule has 2 aromatic heterocycles. The molecule has 2 aliphatic heterocycles. The molecule has 1 fully saturated rings. The van der Waals surface area contributed by atoms with Gasteiger partial charge in [0.1, 0.15) is 23.3 Å². The van der Waals surface area contributed by atoms with E-state index in [2.05, 4.69) is 20.8 Å². The highest BCUT2D eigenvalue weighted by molar-refractivity contribution is 5.98. The number of hydrogen-bond donors (Lipinski definition) is 2. The summed E-state index contributed by atoms with van der Waals surface area (Å²) in [6, 6.07) is 14.9. The van der Waals surface area contributed by atoms with Crippen LogP contribution in [0.2, 0.25) is 0 Å². The zero-order chi connectivity index (χ0) is 35.0. The Bertz CT molecular complexity index is 1820. The van der Waals surface area contributed by atoms with Crippen molar-refractivity contribution in [2.24, 2.45) is 5.92 Å². The topological polar surface area (TPSA) is 169 Å². The van der Waals surface area contributed by atoms with Gasteiger partial charge in [0.05, 0.1) is 26.0 Å². The van der Waals surface area contributed by atoms with E-state index in [4.69, 9.17) is 18.4 Å². The van der Waals surface area contributed by atoms with Gasteiger partial charge in [0.25, 0.3) is 5.91 Å². The van der Waals surface area contributed by atoms with Crippen molar-refractivity contribution in [1.29, 1.82) is 0 Å². The van der Waals surface area contributed by atoms with Gasteiger partial charge in [-0.1, -0.05) is 31.1 Å². The van der Waals surface area contributed by atoms with Crippen LogP contribution in [-0.4, -0.2) is 88.9 Å².